The van der Waals surface area contributed by atoms with E-state index in [1.807, 2.05) is 35.7 Å². The topological polar surface area (TPSA) is 98.7 Å². The van der Waals surface area contributed by atoms with Crippen LogP contribution in [0.1, 0.15) is 9.67 Å². The Kier molecular flexibility index (Phi) is 3.43. The van der Waals surface area contributed by atoms with Crippen LogP contribution in [-0.4, -0.2) is 25.7 Å². The first-order valence-electron chi connectivity index (χ1n) is 7.12. The molecule has 0 bridgehead atoms. The van der Waals surface area contributed by atoms with E-state index in [4.69, 9.17) is 5.73 Å². The number of nitrogens with one attached hydrogen (secondary N) is 1. The Morgan fingerprint density at radius 2 is 2.12 bits per heavy atom. The van der Waals surface area contributed by atoms with Crippen LogP contribution >= 0.6 is 11.3 Å². The van der Waals surface area contributed by atoms with Gasteiger partial charge >= 0.3 is 0 Å². The first-order valence-corrected chi connectivity index (χ1v) is 8.00. The van der Waals surface area contributed by atoms with Crippen LogP contribution in [-0.2, 0) is 0 Å². The number of carbonyl (C=O) groups is 1. The van der Waals surface area contributed by atoms with E-state index < -0.39 is 0 Å². The van der Waals surface area contributed by atoms with Crippen molar-refractivity contribution >= 4 is 39.8 Å². The zero-order valence-corrected chi connectivity index (χ0v) is 13.2. The van der Waals surface area contributed by atoms with Gasteiger partial charge in [0.15, 0.2) is 5.65 Å². The van der Waals surface area contributed by atoms with E-state index in [0.29, 0.717) is 27.4 Å². The van der Waals surface area contributed by atoms with Gasteiger partial charge in [-0.05, 0) is 29.6 Å². The summed E-state index contributed by atoms with van der Waals surface area (Å²) < 4.78 is 1.66. The Morgan fingerprint density at radius 3 is 2.96 bits per heavy atom. The summed E-state index contributed by atoms with van der Waals surface area (Å²) in [6.07, 6.45) is 3.03. The van der Waals surface area contributed by atoms with Gasteiger partial charge in [-0.3, -0.25) is 4.79 Å². The SMILES string of the molecule is Nc1ncnc2c1cnn2-c1cccc(NC(=O)c2cccs2)c1. The number of nitrogens with zero attached hydrogens (tertiary/aromatic N) is 4. The number of anilines is 2. The Labute approximate surface area is 140 Å². The molecule has 3 aromatic heterocycles. The van der Waals surface area contributed by atoms with Gasteiger partial charge in [-0.25, -0.2) is 14.6 Å². The monoisotopic (exact) mass is 336 g/mol. The highest BCUT2D eigenvalue weighted by Gasteiger charge is 2.11. The minimum Gasteiger partial charge on any atom is -0.383 e. The van der Waals surface area contributed by atoms with Gasteiger partial charge in [0.25, 0.3) is 5.91 Å². The van der Waals surface area contributed by atoms with Crippen molar-refractivity contribution in [1.82, 2.24) is 19.7 Å². The molecule has 0 saturated carbocycles. The third-order valence-corrected chi connectivity index (χ3v) is 4.36. The molecule has 3 heterocycles. The number of benzene rings is 1. The third kappa shape index (κ3) is 2.48. The first kappa shape index (κ1) is 14.3. The molecular weight excluding hydrogens is 324 g/mol. The molecule has 0 unspecified atom stereocenters. The molecule has 3 N–H and O–H groups in total. The molecule has 4 aromatic rings. The summed E-state index contributed by atoms with van der Waals surface area (Å²) in [5.41, 5.74) is 7.90. The predicted molar refractivity (Wildman–Crippen MR) is 93.3 cm³/mol. The highest BCUT2D eigenvalue weighted by Crippen LogP contribution is 2.22. The summed E-state index contributed by atoms with van der Waals surface area (Å²) in [6, 6.07) is 11.0. The second-order valence-corrected chi connectivity index (χ2v) is 5.98. The summed E-state index contributed by atoms with van der Waals surface area (Å²) in [5.74, 6) is 0.243. The number of thiophene rings is 1. The van der Waals surface area contributed by atoms with Crippen LogP contribution < -0.4 is 11.1 Å². The van der Waals surface area contributed by atoms with Gasteiger partial charge in [-0.1, -0.05) is 12.1 Å². The maximum absolute atomic E-state index is 12.2. The van der Waals surface area contributed by atoms with Gasteiger partial charge in [0, 0.05) is 5.69 Å². The van der Waals surface area contributed by atoms with Crippen LogP contribution in [0.15, 0.2) is 54.3 Å². The zero-order chi connectivity index (χ0) is 16.5. The highest BCUT2D eigenvalue weighted by atomic mass is 32.1. The quantitative estimate of drug-likeness (QED) is 0.599. The molecule has 0 saturated heterocycles. The minimum atomic E-state index is -0.140. The predicted octanol–water partition coefficient (Wildman–Crippen LogP) is 2.71. The second-order valence-electron chi connectivity index (χ2n) is 5.03. The van der Waals surface area contributed by atoms with Crippen LogP contribution in [0.25, 0.3) is 16.7 Å². The van der Waals surface area contributed by atoms with E-state index in [-0.39, 0.29) is 5.91 Å². The van der Waals surface area contributed by atoms with Gasteiger partial charge in [-0.2, -0.15) is 5.10 Å². The van der Waals surface area contributed by atoms with Gasteiger partial charge in [0.2, 0.25) is 0 Å². The molecular formula is C16H12N6OS. The van der Waals surface area contributed by atoms with Gasteiger partial charge in [0.05, 0.1) is 22.1 Å². The largest absolute Gasteiger partial charge is 0.383 e. The molecule has 4 rings (SSSR count). The lowest BCUT2D eigenvalue weighted by Crippen LogP contribution is -2.10. The van der Waals surface area contributed by atoms with Crippen LogP contribution in [0.2, 0.25) is 0 Å². The van der Waals surface area contributed by atoms with Gasteiger partial charge < -0.3 is 11.1 Å². The molecule has 1 amide bonds. The molecule has 0 atom stereocenters. The van der Waals surface area contributed by atoms with Crippen molar-refractivity contribution < 1.29 is 4.79 Å². The molecule has 0 aliphatic carbocycles. The Hall–Kier alpha value is -3.26. The van der Waals surface area contributed by atoms with Crippen molar-refractivity contribution in [1.29, 1.82) is 0 Å². The highest BCUT2D eigenvalue weighted by molar-refractivity contribution is 7.12. The summed E-state index contributed by atoms with van der Waals surface area (Å²) >= 11 is 1.40. The number of aromatic nitrogens is 4. The molecule has 7 nitrogen and oxygen atoms in total. The number of amides is 1. The average Bonchev–Trinajstić information content (AvgIpc) is 3.26. The minimum absolute atomic E-state index is 0.140. The smallest absolute Gasteiger partial charge is 0.265 e. The maximum Gasteiger partial charge on any atom is 0.265 e. The molecule has 0 aliphatic rings. The van der Waals surface area contributed by atoms with Gasteiger partial charge in [0.1, 0.15) is 12.1 Å². The van der Waals surface area contributed by atoms with E-state index in [0.717, 1.165) is 5.69 Å². The summed E-state index contributed by atoms with van der Waals surface area (Å²) in [7, 11) is 0. The number of hydrogen-bond donors (Lipinski definition) is 2. The second kappa shape index (κ2) is 5.74. The molecule has 24 heavy (non-hydrogen) atoms. The van der Waals surface area contributed by atoms with E-state index in [9.17, 15) is 4.79 Å². The molecule has 118 valence electrons. The van der Waals surface area contributed by atoms with E-state index in [1.54, 1.807) is 16.9 Å². The number of fused-ring (bicyclic) bond motifs is 1. The fourth-order valence-corrected chi connectivity index (χ4v) is 2.99. The van der Waals surface area contributed by atoms with Gasteiger partial charge in [-0.15, -0.1) is 11.3 Å². The lowest BCUT2D eigenvalue weighted by Gasteiger charge is -2.07. The van der Waals surface area contributed by atoms with Crippen LogP contribution in [0.3, 0.4) is 0 Å². The number of hydrogen-bond acceptors (Lipinski definition) is 6. The molecule has 0 aliphatic heterocycles. The van der Waals surface area contributed by atoms with Crippen molar-refractivity contribution in [3.05, 3.63) is 59.2 Å². The zero-order valence-electron chi connectivity index (χ0n) is 12.4. The average molecular weight is 336 g/mol. The Morgan fingerprint density at radius 1 is 1.21 bits per heavy atom. The van der Waals surface area contributed by atoms with Crippen LogP contribution in [0, 0.1) is 0 Å². The molecule has 0 radical (unpaired) electrons. The lowest BCUT2D eigenvalue weighted by atomic mass is 10.2. The fraction of sp³-hybridized carbons (Fsp3) is 0. The van der Waals surface area contributed by atoms with Crippen LogP contribution in [0.4, 0.5) is 11.5 Å². The van der Waals surface area contributed by atoms with E-state index in [1.165, 1.54) is 17.7 Å². The number of rotatable bonds is 3. The number of nitrogen functional groups attached to an aromatic ring is 1. The molecule has 1 aromatic carbocycles. The maximum atomic E-state index is 12.2. The lowest BCUT2D eigenvalue weighted by molar-refractivity contribution is 0.103. The van der Waals surface area contributed by atoms with Crippen LogP contribution in [0.5, 0.6) is 0 Å². The van der Waals surface area contributed by atoms with Crippen molar-refractivity contribution in [2.75, 3.05) is 11.1 Å². The Balaban J connectivity index is 1.69. The number of nitrogens with two attached hydrogens (primary N) is 1. The fourth-order valence-electron chi connectivity index (χ4n) is 2.37. The van der Waals surface area contributed by atoms with Crippen molar-refractivity contribution in [2.45, 2.75) is 0 Å². The summed E-state index contributed by atoms with van der Waals surface area (Å²) in [4.78, 5) is 21.0. The Bertz CT molecular complexity index is 1020. The van der Waals surface area contributed by atoms with Crippen molar-refractivity contribution in [2.24, 2.45) is 0 Å². The normalized spacial score (nSPS) is 10.8. The summed E-state index contributed by atoms with van der Waals surface area (Å²) in [6.45, 7) is 0. The van der Waals surface area contributed by atoms with E-state index in [2.05, 4.69) is 20.4 Å². The third-order valence-electron chi connectivity index (χ3n) is 3.49. The van der Waals surface area contributed by atoms with Crippen molar-refractivity contribution in [3.63, 3.8) is 0 Å². The first-order chi connectivity index (χ1) is 11.7. The summed E-state index contributed by atoms with van der Waals surface area (Å²) in [5, 5.41) is 9.75. The standard InChI is InChI=1S/C16H12N6OS/c17-14-12-8-20-22(15(12)19-9-18-14)11-4-1-3-10(7-11)21-16(23)13-5-2-6-24-13/h1-9H,(H,21,23)(H2,17,18,19). The van der Waals surface area contributed by atoms with E-state index >= 15 is 0 Å². The molecule has 0 spiro atoms. The molecule has 0 fully saturated rings. The van der Waals surface area contributed by atoms with Crippen molar-refractivity contribution in [3.8, 4) is 5.69 Å². The number of carbonyl (C=O) groups excluding carboxylic acids is 1. The molecule has 8 heteroatoms.